The summed E-state index contributed by atoms with van der Waals surface area (Å²) in [5, 5.41) is 2.57. The van der Waals surface area contributed by atoms with E-state index in [1.165, 1.54) is 25.3 Å². The topological polar surface area (TPSA) is 137 Å². The van der Waals surface area contributed by atoms with Gasteiger partial charge in [0.2, 0.25) is 5.76 Å². The van der Waals surface area contributed by atoms with E-state index >= 15 is 0 Å². The van der Waals surface area contributed by atoms with Gasteiger partial charge in [-0.15, -0.1) is 6.58 Å². The zero-order chi connectivity index (χ0) is 28.6. The number of ether oxygens (including phenoxy) is 4. The first-order valence-electron chi connectivity index (χ1n) is 12.7. The van der Waals surface area contributed by atoms with Crippen LogP contribution >= 0.6 is 0 Å². The fourth-order valence-electron chi connectivity index (χ4n) is 4.25. The van der Waals surface area contributed by atoms with Gasteiger partial charge >= 0.3 is 12.0 Å². The largest absolute Gasteiger partial charge is 0.490 e. The number of nitrogens with zero attached hydrogens (tertiary/aromatic N) is 2. The van der Waals surface area contributed by atoms with Gasteiger partial charge in [0, 0.05) is 18.7 Å². The van der Waals surface area contributed by atoms with Crippen LogP contribution in [0, 0.1) is 0 Å². The number of urea groups is 1. The number of allylic oxidation sites excluding steroid dienone is 1. The van der Waals surface area contributed by atoms with E-state index in [1.807, 2.05) is 6.92 Å². The van der Waals surface area contributed by atoms with Crippen LogP contribution in [0.2, 0.25) is 0 Å². The third-order valence-corrected chi connectivity index (χ3v) is 6.16. The molecule has 3 heterocycles. The highest BCUT2D eigenvalue weighted by Gasteiger charge is 2.34. The number of morpholine rings is 1. The summed E-state index contributed by atoms with van der Waals surface area (Å²) in [6, 6.07) is 5.72. The second-order valence-corrected chi connectivity index (χ2v) is 8.85. The van der Waals surface area contributed by atoms with Gasteiger partial charge in [0.15, 0.2) is 18.1 Å². The molecule has 1 N–H and O–H groups in total. The lowest BCUT2D eigenvalue weighted by atomic mass is 10.0. The normalized spacial score (nSPS) is 16.2. The summed E-state index contributed by atoms with van der Waals surface area (Å²) in [5.41, 5.74) is 1.32. The Morgan fingerprint density at radius 2 is 1.93 bits per heavy atom. The Bertz CT molecular complexity index is 1320. The molecule has 1 aromatic heterocycles. The van der Waals surface area contributed by atoms with Crippen molar-refractivity contribution in [3.63, 3.8) is 0 Å². The van der Waals surface area contributed by atoms with Crippen LogP contribution in [-0.4, -0.2) is 80.2 Å². The van der Waals surface area contributed by atoms with Crippen molar-refractivity contribution in [3.05, 3.63) is 65.3 Å². The number of carbonyl (C=O) groups is 4. The fraction of sp³-hybridized carbons (Fsp3) is 0.357. The molecule has 0 saturated carbocycles. The predicted molar refractivity (Wildman–Crippen MR) is 142 cm³/mol. The highest BCUT2D eigenvalue weighted by Crippen LogP contribution is 2.35. The van der Waals surface area contributed by atoms with E-state index in [2.05, 4.69) is 16.6 Å². The molecule has 12 heteroatoms. The number of amides is 4. The number of esters is 1. The first-order chi connectivity index (χ1) is 19.3. The number of benzene rings is 1. The van der Waals surface area contributed by atoms with Crippen LogP contribution in [0.5, 0.6) is 11.5 Å². The van der Waals surface area contributed by atoms with Gasteiger partial charge in [0.05, 0.1) is 33.5 Å². The number of imide groups is 1. The molecular formula is C28H31N3O9. The molecule has 4 amide bonds. The van der Waals surface area contributed by atoms with Gasteiger partial charge in [0.1, 0.15) is 11.5 Å². The number of furan rings is 1. The van der Waals surface area contributed by atoms with E-state index in [4.69, 9.17) is 18.6 Å². The maximum Gasteiger partial charge on any atom is 0.373 e. The molecule has 2 aliphatic heterocycles. The van der Waals surface area contributed by atoms with E-state index in [0.29, 0.717) is 62.0 Å². The van der Waals surface area contributed by atoms with Gasteiger partial charge in [-0.2, -0.15) is 0 Å². The highest BCUT2D eigenvalue weighted by atomic mass is 16.5. The molecule has 1 aromatic carbocycles. The minimum absolute atomic E-state index is 0.0347. The molecule has 40 heavy (non-hydrogen) atoms. The molecule has 2 aromatic rings. The Morgan fingerprint density at radius 3 is 2.62 bits per heavy atom. The summed E-state index contributed by atoms with van der Waals surface area (Å²) in [6.07, 6.45) is 3.63. The summed E-state index contributed by atoms with van der Waals surface area (Å²) in [5.74, 6) is -0.381. The van der Waals surface area contributed by atoms with E-state index in [9.17, 15) is 19.2 Å². The summed E-state index contributed by atoms with van der Waals surface area (Å²) < 4.78 is 27.1. The van der Waals surface area contributed by atoms with Crippen molar-refractivity contribution in [2.24, 2.45) is 0 Å². The molecule has 2 fully saturated rings. The second kappa shape index (κ2) is 13.0. The third kappa shape index (κ3) is 6.52. The lowest BCUT2D eigenvalue weighted by Gasteiger charge is -2.27. The van der Waals surface area contributed by atoms with E-state index in [1.54, 1.807) is 23.1 Å². The molecule has 4 rings (SSSR count). The molecular weight excluding hydrogens is 522 g/mol. The number of hydrogen-bond donors (Lipinski definition) is 1. The van der Waals surface area contributed by atoms with Crippen LogP contribution in [-0.2, 0) is 32.0 Å². The van der Waals surface area contributed by atoms with Crippen LogP contribution in [0.1, 0.15) is 34.4 Å². The Kier molecular flexibility index (Phi) is 9.23. The maximum atomic E-state index is 13.1. The number of methoxy groups -OCH3 is 1. The SMILES string of the molecule is C=CCc1cc(/C=C2\NC(=O)N(Cc3ccc(C(=O)OC)o3)C2=O)cc(OCC)c1OCC(=O)N1CCOCC1. The number of rotatable bonds is 11. The first-order valence-corrected chi connectivity index (χ1v) is 12.7. The van der Waals surface area contributed by atoms with Gasteiger partial charge in [-0.1, -0.05) is 6.08 Å². The zero-order valence-corrected chi connectivity index (χ0v) is 22.4. The molecule has 0 bridgehead atoms. The molecule has 2 saturated heterocycles. The fourth-order valence-corrected chi connectivity index (χ4v) is 4.25. The Balaban J connectivity index is 1.54. The third-order valence-electron chi connectivity index (χ3n) is 6.16. The average molecular weight is 554 g/mol. The van der Waals surface area contributed by atoms with Crippen LogP contribution in [0.4, 0.5) is 4.79 Å². The molecule has 0 aliphatic carbocycles. The van der Waals surface area contributed by atoms with Crippen molar-refractivity contribution in [3.8, 4) is 11.5 Å². The van der Waals surface area contributed by atoms with Crippen molar-refractivity contribution in [1.29, 1.82) is 0 Å². The van der Waals surface area contributed by atoms with Gasteiger partial charge in [0.25, 0.3) is 11.8 Å². The number of carbonyl (C=O) groups excluding carboxylic acids is 4. The summed E-state index contributed by atoms with van der Waals surface area (Å²) >= 11 is 0. The van der Waals surface area contributed by atoms with Gasteiger partial charge in [-0.25, -0.2) is 9.59 Å². The molecule has 0 spiro atoms. The zero-order valence-electron chi connectivity index (χ0n) is 22.4. The lowest BCUT2D eigenvalue weighted by molar-refractivity contribution is -0.137. The Hall–Kier alpha value is -4.58. The lowest BCUT2D eigenvalue weighted by Crippen LogP contribution is -2.43. The summed E-state index contributed by atoms with van der Waals surface area (Å²) in [7, 11) is 1.22. The minimum Gasteiger partial charge on any atom is -0.490 e. The van der Waals surface area contributed by atoms with Crippen molar-refractivity contribution >= 4 is 29.9 Å². The van der Waals surface area contributed by atoms with E-state index in [-0.39, 0.29) is 36.3 Å². The molecule has 12 nitrogen and oxygen atoms in total. The quantitative estimate of drug-likeness (QED) is 0.193. The Labute approximate surface area is 231 Å². The highest BCUT2D eigenvalue weighted by molar-refractivity contribution is 6.13. The van der Waals surface area contributed by atoms with Crippen molar-refractivity contribution < 1.29 is 42.5 Å². The molecule has 212 valence electrons. The summed E-state index contributed by atoms with van der Waals surface area (Å²) in [4.78, 5) is 52.6. The van der Waals surface area contributed by atoms with Crippen molar-refractivity contribution in [1.82, 2.24) is 15.1 Å². The first kappa shape index (κ1) is 28.4. The van der Waals surface area contributed by atoms with E-state index < -0.39 is 17.9 Å². The standard InChI is InChI=1S/C28H31N3O9/c1-4-6-19-13-18(15-23(38-5-2)25(19)39-17-24(32)30-9-11-37-12-10-30)14-21-26(33)31(28(35)29-21)16-20-7-8-22(40-20)27(34)36-3/h4,7-8,13-15H,1,5-6,9-12,16-17H2,2-3H3,(H,29,35)/b21-14-. The van der Waals surface area contributed by atoms with Crippen LogP contribution < -0.4 is 14.8 Å². The second-order valence-electron chi connectivity index (χ2n) is 8.85. The van der Waals surface area contributed by atoms with E-state index in [0.717, 1.165) is 4.90 Å². The van der Waals surface area contributed by atoms with Gasteiger partial charge in [-0.3, -0.25) is 14.5 Å². The average Bonchev–Trinajstić information content (AvgIpc) is 3.53. The predicted octanol–water partition coefficient (Wildman–Crippen LogP) is 2.52. The molecule has 0 unspecified atom stereocenters. The molecule has 0 atom stereocenters. The molecule has 0 radical (unpaired) electrons. The van der Waals surface area contributed by atoms with Crippen LogP contribution in [0.15, 0.2) is 47.0 Å². The Morgan fingerprint density at radius 1 is 1.15 bits per heavy atom. The van der Waals surface area contributed by atoms with Crippen molar-refractivity contribution in [2.45, 2.75) is 19.9 Å². The number of nitrogens with one attached hydrogen (secondary N) is 1. The summed E-state index contributed by atoms with van der Waals surface area (Å²) in [6.45, 7) is 7.62. The monoisotopic (exact) mass is 553 g/mol. The molecule has 2 aliphatic rings. The van der Waals surface area contributed by atoms with Crippen molar-refractivity contribution in [2.75, 3.05) is 46.6 Å². The smallest absolute Gasteiger partial charge is 0.373 e. The van der Waals surface area contributed by atoms with Gasteiger partial charge in [-0.05, 0) is 49.2 Å². The van der Waals surface area contributed by atoms with Gasteiger partial charge < -0.3 is 33.6 Å². The van der Waals surface area contributed by atoms with Crippen LogP contribution in [0.25, 0.3) is 6.08 Å². The minimum atomic E-state index is -0.664. The van der Waals surface area contributed by atoms with Crippen LogP contribution in [0.3, 0.4) is 0 Å². The number of hydrogen-bond acceptors (Lipinski definition) is 9. The maximum absolute atomic E-state index is 13.1.